The van der Waals surface area contributed by atoms with E-state index in [1.54, 1.807) is 12.1 Å². The maximum absolute atomic E-state index is 9.87. The first-order valence-corrected chi connectivity index (χ1v) is 6.47. The number of rotatable bonds is 2. The van der Waals surface area contributed by atoms with E-state index >= 15 is 0 Å². The van der Waals surface area contributed by atoms with E-state index in [1.165, 1.54) is 0 Å². The van der Waals surface area contributed by atoms with Gasteiger partial charge in [-0.05, 0) is 31.9 Å². The third-order valence-electron chi connectivity index (χ3n) is 3.19. The summed E-state index contributed by atoms with van der Waals surface area (Å²) in [5, 5.41) is 11.0. The zero-order valence-electron chi connectivity index (χ0n) is 9.79. The average Bonchev–Trinajstić information content (AvgIpc) is 2.26. The number of hydrogen-bond donors (Lipinski definition) is 1. The molecule has 3 nitrogen and oxygen atoms in total. The first-order valence-electron chi connectivity index (χ1n) is 5.72. The Bertz CT molecular complexity index is 399. The van der Waals surface area contributed by atoms with Crippen LogP contribution in [0.3, 0.4) is 0 Å². The van der Waals surface area contributed by atoms with Gasteiger partial charge in [-0.25, -0.2) is 4.98 Å². The van der Waals surface area contributed by atoms with E-state index in [0.29, 0.717) is 16.7 Å². The minimum atomic E-state index is -0.526. The predicted octanol–water partition coefficient (Wildman–Crippen LogP) is 2.74. The van der Waals surface area contributed by atoms with Crippen molar-refractivity contribution in [1.29, 1.82) is 0 Å². The van der Waals surface area contributed by atoms with Gasteiger partial charge in [0, 0.05) is 19.6 Å². The van der Waals surface area contributed by atoms with Crippen LogP contribution in [0, 0.1) is 0 Å². The fourth-order valence-corrected chi connectivity index (χ4v) is 2.30. The van der Waals surface area contributed by atoms with Crippen LogP contribution < -0.4 is 0 Å². The van der Waals surface area contributed by atoms with Crippen LogP contribution in [-0.4, -0.2) is 33.7 Å². The fraction of sp³-hybridized carbons (Fsp3) is 0.583. The normalized spacial score (nSPS) is 20.5. The SMILES string of the molecule is CC1(O)CCN(Cc2nc(Cl)ccc2Cl)CC1. The summed E-state index contributed by atoms with van der Waals surface area (Å²) in [4.78, 5) is 6.47. The Morgan fingerprint density at radius 1 is 1.35 bits per heavy atom. The molecule has 0 spiro atoms. The monoisotopic (exact) mass is 274 g/mol. The third-order valence-corrected chi connectivity index (χ3v) is 3.75. The standard InChI is InChI=1S/C12H16Cl2N2O/c1-12(17)4-6-16(7-5-12)8-10-9(13)2-3-11(14)15-10/h2-3,17H,4-8H2,1H3. The molecule has 1 aromatic heterocycles. The molecule has 1 fully saturated rings. The number of aliphatic hydroxyl groups is 1. The van der Waals surface area contributed by atoms with Gasteiger partial charge in [-0.15, -0.1) is 0 Å². The molecule has 1 aromatic rings. The van der Waals surface area contributed by atoms with Crippen molar-refractivity contribution in [3.63, 3.8) is 0 Å². The van der Waals surface area contributed by atoms with Crippen LogP contribution in [0.1, 0.15) is 25.5 Å². The number of pyridine rings is 1. The summed E-state index contributed by atoms with van der Waals surface area (Å²) in [6.45, 7) is 4.29. The van der Waals surface area contributed by atoms with Gasteiger partial charge in [0.25, 0.3) is 0 Å². The molecule has 5 heteroatoms. The van der Waals surface area contributed by atoms with Crippen LogP contribution in [0.5, 0.6) is 0 Å². The molecule has 1 aliphatic heterocycles. The maximum Gasteiger partial charge on any atom is 0.129 e. The van der Waals surface area contributed by atoms with Crippen molar-refractivity contribution < 1.29 is 5.11 Å². The summed E-state index contributed by atoms with van der Waals surface area (Å²) in [6, 6.07) is 3.46. The van der Waals surface area contributed by atoms with Gasteiger partial charge >= 0.3 is 0 Å². The second kappa shape index (κ2) is 5.11. The molecule has 94 valence electrons. The highest BCUT2D eigenvalue weighted by Crippen LogP contribution is 2.24. The summed E-state index contributed by atoms with van der Waals surface area (Å²) < 4.78 is 0. The molecular weight excluding hydrogens is 259 g/mol. The lowest BCUT2D eigenvalue weighted by Crippen LogP contribution is -2.42. The van der Waals surface area contributed by atoms with Crippen LogP contribution in [0.15, 0.2) is 12.1 Å². The van der Waals surface area contributed by atoms with Crippen molar-refractivity contribution in [3.05, 3.63) is 28.0 Å². The van der Waals surface area contributed by atoms with Crippen molar-refractivity contribution in [2.75, 3.05) is 13.1 Å². The van der Waals surface area contributed by atoms with E-state index in [9.17, 15) is 5.11 Å². The van der Waals surface area contributed by atoms with Crippen molar-refractivity contribution >= 4 is 23.2 Å². The van der Waals surface area contributed by atoms with Crippen LogP contribution in [0.2, 0.25) is 10.2 Å². The quantitative estimate of drug-likeness (QED) is 0.843. The zero-order chi connectivity index (χ0) is 12.5. The molecule has 0 unspecified atom stereocenters. The number of halogens is 2. The average molecular weight is 275 g/mol. The van der Waals surface area contributed by atoms with Crippen molar-refractivity contribution in [2.24, 2.45) is 0 Å². The topological polar surface area (TPSA) is 36.4 Å². The van der Waals surface area contributed by atoms with E-state index in [-0.39, 0.29) is 0 Å². The number of hydrogen-bond acceptors (Lipinski definition) is 3. The molecule has 0 radical (unpaired) electrons. The number of likely N-dealkylation sites (tertiary alicyclic amines) is 1. The molecule has 0 aromatic carbocycles. The number of aromatic nitrogens is 1. The van der Waals surface area contributed by atoms with Gasteiger partial charge in [0.15, 0.2) is 0 Å². The molecule has 0 aliphatic carbocycles. The van der Waals surface area contributed by atoms with Crippen molar-refractivity contribution in [3.8, 4) is 0 Å². The van der Waals surface area contributed by atoms with Crippen LogP contribution >= 0.6 is 23.2 Å². The fourth-order valence-electron chi connectivity index (χ4n) is 1.97. The molecule has 1 N–H and O–H groups in total. The smallest absolute Gasteiger partial charge is 0.129 e. The first-order chi connectivity index (χ1) is 7.96. The molecule has 0 amide bonds. The lowest BCUT2D eigenvalue weighted by Gasteiger charge is -2.35. The largest absolute Gasteiger partial charge is 0.390 e. The summed E-state index contributed by atoms with van der Waals surface area (Å²) in [6.07, 6.45) is 1.57. The van der Waals surface area contributed by atoms with Gasteiger partial charge in [0.2, 0.25) is 0 Å². The Labute approximate surface area is 111 Å². The van der Waals surface area contributed by atoms with Crippen LogP contribution in [-0.2, 0) is 6.54 Å². The van der Waals surface area contributed by atoms with E-state index in [4.69, 9.17) is 23.2 Å². The van der Waals surface area contributed by atoms with Gasteiger partial charge in [0.05, 0.1) is 16.3 Å². The molecule has 0 atom stereocenters. The Morgan fingerprint density at radius 2 is 2.00 bits per heavy atom. The highest BCUT2D eigenvalue weighted by Gasteiger charge is 2.27. The molecule has 1 aliphatic rings. The van der Waals surface area contributed by atoms with E-state index in [2.05, 4.69) is 9.88 Å². The maximum atomic E-state index is 9.87. The first kappa shape index (κ1) is 13.1. The lowest BCUT2D eigenvalue weighted by atomic mass is 9.94. The Balaban J connectivity index is 2.00. The van der Waals surface area contributed by atoms with Crippen molar-refractivity contribution in [2.45, 2.75) is 31.9 Å². The molecule has 0 saturated carbocycles. The summed E-state index contributed by atoms with van der Waals surface area (Å²) >= 11 is 11.9. The van der Waals surface area contributed by atoms with Gasteiger partial charge in [0.1, 0.15) is 5.15 Å². The Kier molecular flexibility index (Phi) is 3.93. The molecule has 17 heavy (non-hydrogen) atoms. The van der Waals surface area contributed by atoms with E-state index < -0.39 is 5.60 Å². The van der Waals surface area contributed by atoms with Gasteiger partial charge in [-0.3, -0.25) is 4.90 Å². The van der Waals surface area contributed by atoms with E-state index in [0.717, 1.165) is 31.6 Å². The predicted molar refractivity (Wildman–Crippen MR) is 69.4 cm³/mol. The van der Waals surface area contributed by atoms with Crippen LogP contribution in [0.4, 0.5) is 0 Å². The Morgan fingerprint density at radius 3 is 2.65 bits per heavy atom. The minimum Gasteiger partial charge on any atom is -0.390 e. The van der Waals surface area contributed by atoms with Gasteiger partial charge < -0.3 is 5.11 Å². The summed E-state index contributed by atoms with van der Waals surface area (Å²) in [5.74, 6) is 0. The van der Waals surface area contributed by atoms with Gasteiger partial charge in [-0.1, -0.05) is 23.2 Å². The third kappa shape index (κ3) is 3.55. The molecule has 0 bridgehead atoms. The van der Waals surface area contributed by atoms with E-state index in [1.807, 2.05) is 6.92 Å². The molecular formula is C12H16Cl2N2O. The second-order valence-corrected chi connectivity index (χ2v) is 5.63. The Hall–Kier alpha value is -0.350. The number of nitrogens with zero attached hydrogens (tertiary/aromatic N) is 2. The summed E-state index contributed by atoms with van der Waals surface area (Å²) in [7, 11) is 0. The van der Waals surface area contributed by atoms with Crippen molar-refractivity contribution in [1.82, 2.24) is 9.88 Å². The molecule has 1 saturated heterocycles. The molecule has 2 rings (SSSR count). The van der Waals surface area contributed by atoms with Gasteiger partial charge in [-0.2, -0.15) is 0 Å². The number of piperidine rings is 1. The highest BCUT2D eigenvalue weighted by atomic mass is 35.5. The minimum absolute atomic E-state index is 0.466. The molecule has 2 heterocycles. The summed E-state index contributed by atoms with van der Waals surface area (Å²) in [5.41, 5.74) is 0.280. The zero-order valence-corrected chi connectivity index (χ0v) is 11.3. The highest BCUT2D eigenvalue weighted by molar-refractivity contribution is 6.32. The second-order valence-electron chi connectivity index (χ2n) is 4.84. The van der Waals surface area contributed by atoms with Crippen LogP contribution in [0.25, 0.3) is 0 Å². The lowest BCUT2D eigenvalue weighted by molar-refractivity contribution is -0.00756.